The van der Waals surface area contributed by atoms with Crippen molar-refractivity contribution in [2.45, 2.75) is 68.9 Å². The number of carbonyl (C=O) groups is 1. The van der Waals surface area contributed by atoms with Crippen molar-refractivity contribution in [3.63, 3.8) is 0 Å². The minimum Gasteiger partial charge on any atom is -0.497 e. The molecule has 3 aromatic rings. The molecule has 1 aliphatic rings. The van der Waals surface area contributed by atoms with Crippen molar-refractivity contribution in [3.8, 4) is 5.75 Å². The molecule has 0 saturated heterocycles. The van der Waals surface area contributed by atoms with Crippen LogP contribution in [0.1, 0.15) is 66.8 Å². The molecule has 0 radical (unpaired) electrons. The van der Waals surface area contributed by atoms with Crippen molar-refractivity contribution >= 4 is 23.2 Å². The molecule has 4 rings (SSSR count). The average Bonchev–Trinajstić information content (AvgIpc) is 3.25. The van der Waals surface area contributed by atoms with Gasteiger partial charge in [0.25, 0.3) is 0 Å². The number of thioether (sulfide) groups is 1. The molecule has 1 N–H and O–H groups in total. The van der Waals surface area contributed by atoms with Gasteiger partial charge in [-0.25, -0.2) is 0 Å². The molecule has 1 aliphatic carbocycles. The number of ketones is 1. The third-order valence-corrected chi connectivity index (χ3v) is 7.24. The minimum absolute atomic E-state index is 0.120. The van der Waals surface area contributed by atoms with Crippen LogP contribution in [0.4, 0.5) is 5.69 Å². The number of rotatable bonds is 9. The Balaban J connectivity index is 1.53. The van der Waals surface area contributed by atoms with Crippen LogP contribution in [0.5, 0.6) is 5.75 Å². The molecule has 1 unspecified atom stereocenters. The minimum atomic E-state index is -0.238. The van der Waals surface area contributed by atoms with E-state index in [1.54, 1.807) is 7.11 Å². The second-order valence-corrected chi connectivity index (χ2v) is 9.94. The molecule has 1 saturated carbocycles. The number of nitrogens with zero attached hydrogens (tertiary/aromatic N) is 3. The fourth-order valence-corrected chi connectivity index (χ4v) is 5.31. The molecule has 1 aromatic heterocycles. The molecule has 0 spiro atoms. The smallest absolute Gasteiger partial charge is 0.192 e. The van der Waals surface area contributed by atoms with Gasteiger partial charge in [-0.15, -0.1) is 10.2 Å². The number of nitrogens with one attached hydrogen (secondary N) is 1. The van der Waals surface area contributed by atoms with Crippen LogP contribution < -0.4 is 10.1 Å². The van der Waals surface area contributed by atoms with Crippen molar-refractivity contribution in [2.75, 3.05) is 12.4 Å². The summed E-state index contributed by atoms with van der Waals surface area (Å²) in [6, 6.07) is 16.0. The highest BCUT2D eigenvalue weighted by molar-refractivity contribution is 8.00. The van der Waals surface area contributed by atoms with E-state index in [0.29, 0.717) is 12.6 Å². The van der Waals surface area contributed by atoms with E-state index in [4.69, 9.17) is 4.74 Å². The largest absolute Gasteiger partial charge is 0.497 e. The van der Waals surface area contributed by atoms with Crippen LogP contribution >= 0.6 is 11.8 Å². The van der Waals surface area contributed by atoms with Crippen molar-refractivity contribution in [2.24, 2.45) is 0 Å². The van der Waals surface area contributed by atoms with Gasteiger partial charge >= 0.3 is 0 Å². The fourth-order valence-electron chi connectivity index (χ4n) is 4.29. The van der Waals surface area contributed by atoms with Crippen molar-refractivity contribution in [3.05, 3.63) is 65.5 Å². The lowest BCUT2D eigenvalue weighted by atomic mass is 9.95. The highest BCUT2D eigenvalue weighted by atomic mass is 32.2. The highest BCUT2D eigenvalue weighted by Crippen LogP contribution is 2.34. The average molecular weight is 465 g/mol. The van der Waals surface area contributed by atoms with Crippen molar-refractivity contribution in [1.29, 1.82) is 0 Å². The molecule has 7 heteroatoms. The van der Waals surface area contributed by atoms with E-state index < -0.39 is 0 Å². The SMILES string of the molecule is COc1cccc(NCc2nnc(SC(C)C(=O)c3ccc(C)cc3)n2C2CCCCC2)c1. The van der Waals surface area contributed by atoms with Gasteiger partial charge in [-0.05, 0) is 38.8 Å². The number of ether oxygens (including phenoxy) is 1. The maximum atomic E-state index is 13.0. The van der Waals surface area contributed by atoms with Crippen LogP contribution in [0.3, 0.4) is 0 Å². The molecular weight excluding hydrogens is 432 g/mol. The summed E-state index contributed by atoms with van der Waals surface area (Å²) in [6.07, 6.45) is 5.96. The molecule has 0 aliphatic heterocycles. The van der Waals surface area contributed by atoms with Gasteiger partial charge in [-0.2, -0.15) is 0 Å². The predicted molar refractivity (Wildman–Crippen MR) is 133 cm³/mol. The number of Topliss-reactive ketones (excluding diaryl/α,β-unsaturated/α-hetero) is 1. The van der Waals surface area contributed by atoms with Crippen molar-refractivity contribution in [1.82, 2.24) is 14.8 Å². The number of hydrogen-bond acceptors (Lipinski definition) is 6. The fraction of sp³-hybridized carbons (Fsp3) is 0.423. The summed E-state index contributed by atoms with van der Waals surface area (Å²) in [6.45, 7) is 4.55. The monoisotopic (exact) mass is 464 g/mol. The summed E-state index contributed by atoms with van der Waals surface area (Å²) in [7, 11) is 1.67. The topological polar surface area (TPSA) is 69.0 Å². The summed E-state index contributed by atoms with van der Waals surface area (Å²) in [5, 5.41) is 13.1. The molecule has 6 nitrogen and oxygen atoms in total. The van der Waals surface area contributed by atoms with E-state index in [1.807, 2.05) is 62.4 Å². The summed E-state index contributed by atoms with van der Waals surface area (Å²) in [4.78, 5) is 13.0. The van der Waals surface area contributed by atoms with Crippen molar-refractivity contribution < 1.29 is 9.53 Å². The number of carbonyl (C=O) groups excluding carboxylic acids is 1. The van der Waals surface area contributed by atoms with Gasteiger partial charge in [0.2, 0.25) is 0 Å². The van der Waals surface area contributed by atoms with Crippen LogP contribution in [0, 0.1) is 6.92 Å². The van der Waals surface area contributed by atoms with E-state index in [9.17, 15) is 4.79 Å². The van der Waals surface area contributed by atoms with Gasteiger partial charge in [0.1, 0.15) is 5.75 Å². The number of hydrogen-bond donors (Lipinski definition) is 1. The predicted octanol–water partition coefficient (Wildman–Crippen LogP) is 6.08. The molecule has 2 aromatic carbocycles. The van der Waals surface area contributed by atoms with Crippen LogP contribution in [0.25, 0.3) is 0 Å². The summed E-state index contributed by atoms with van der Waals surface area (Å²) in [5.41, 5.74) is 2.87. The first-order chi connectivity index (χ1) is 16.0. The maximum absolute atomic E-state index is 13.0. The van der Waals surface area contributed by atoms with Crippen LogP contribution in [-0.2, 0) is 6.54 Å². The van der Waals surface area contributed by atoms with Gasteiger partial charge in [-0.1, -0.05) is 66.9 Å². The lowest BCUT2D eigenvalue weighted by molar-refractivity contribution is 0.0993. The lowest BCUT2D eigenvalue weighted by Crippen LogP contribution is -2.20. The quantitative estimate of drug-likeness (QED) is 0.306. The zero-order chi connectivity index (χ0) is 23.2. The number of aryl methyl sites for hydroxylation is 1. The summed E-state index contributed by atoms with van der Waals surface area (Å²) in [5.74, 6) is 1.84. The van der Waals surface area contributed by atoms with Gasteiger partial charge < -0.3 is 14.6 Å². The van der Waals surface area contributed by atoms with Gasteiger partial charge in [0.15, 0.2) is 16.8 Å². The Morgan fingerprint density at radius 1 is 1.15 bits per heavy atom. The van der Waals surface area contributed by atoms with Gasteiger partial charge in [0.05, 0.1) is 18.9 Å². The number of aromatic nitrogens is 3. The third-order valence-electron chi connectivity index (χ3n) is 6.18. The third kappa shape index (κ3) is 5.77. The van der Waals surface area contributed by atoms with E-state index in [-0.39, 0.29) is 11.0 Å². The standard InChI is InChI=1S/C26H32N4O2S/c1-18-12-14-20(15-13-18)25(31)19(2)33-26-29-28-24(30(26)22-9-5-4-6-10-22)17-27-21-8-7-11-23(16-21)32-3/h7-8,11-16,19,22,27H,4-6,9-10,17H2,1-3H3. The first-order valence-electron chi connectivity index (χ1n) is 11.6. The number of methoxy groups -OCH3 is 1. The maximum Gasteiger partial charge on any atom is 0.192 e. The Morgan fingerprint density at radius 2 is 1.91 bits per heavy atom. The van der Waals surface area contributed by atoms with Crippen LogP contribution in [-0.4, -0.2) is 32.9 Å². The Bertz CT molecular complexity index is 1070. The molecule has 33 heavy (non-hydrogen) atoms. The first-order valence-corrected chi connectivity index (χ1v) is 12.5. The molecule has 0 bridgehead atoms. The van der Waals surface area contributed by atoms with Gasteiger partial charge in [0, 0.05) is 23.4 Å². The number of anilines is 1. The van der Waals surface area contributed by atoms with E-state index in [2.05, 4.69) is 20.1 Å². The molecule has 1 heterocycles. The summed E-state index contributed by atoms with van der Waals surface area (Å²) < 4.78 is 7.60. The highest BCUT2D eigenvalue weighted by Gasteiger charge is 2.26. The Labute approximate surface area is 200 Å². The van der Waals surface area contributed by atoms with E-state index in [0.717, 1.165) is 46.4 Å². The number of benzene rings is 2. The Morgan fingerprint density at radius 3 is 2.64 bits per heavy atom. The van der Waals surface area contributed by atoms with E-state index >= 15 is 0 Å². The Hall–Kier alpha value is -2.80. The zero-order valence-electron chi connectivity index (χ0n) is 19.6. The van der Waals surface area contributed by atoms with E-state index in [1.165, 1.54) is 31.0 Å². The molecule has 174 valence electrons. The zero-order valence-corrected chi connectivity index (χ0v) is 20.4. The second-order valence-electron chi connectivity index (χ2n) is 8.64. The molecule has 1 atom stereocenters. The first kappa shape index (κ1) is 23.4. The lowest BCUT2D eigenvalue weighted by Gasteiger charge is -2.26. The molecular formula is C26H32N4O2S. The second kappa shape index (κ2) is 10.9. The van der Waals surface area contributed by atoms with Gasteiger partial charge in [-0.3, -0.25) is 4.79 Å². The molecule has 0 amide bonds. The normalized spacial score (nSPS) is 15.2. The summed E-state index contributed by atoms with van der Waals surface area (Å²) >= 11 is 1.51. The Kier molecular flexibility index (Phi) is 7.70. The molecule has 1 fully saturated rings. The van der Waals surface area contributed by atoms with Crippen LogP contribution in [0.2, 0.25) is 0 Å². The van der Waals surface area contributed by atoms with Crippen LogP contribution in [0.15, 0.2) is 53.7 Å².